The molecule has 1 aliphatic rings. The molecule has 0 spiro atoms. The van der Waals surface area contributed by atoms with E-state index >= 15 is 0 Å². The minimum absolute atomic E-state index is 0.305. The highest BCUT2D eigenvalue weighted by Crippen LogP contribution is 2.40. The minimum atomic E-state index is -4.00. The van der Waals surface area contributed by atoms with Gasteiger partial charge in [0, 0.05) is 6.04 Å². The van der Waals surface area contributed by atoms with Crippen molar-refractivity contribution in [3.8, 4) is 0 Å². The predicted octanol–water partition coefficient (Wildman–Crippen LogP) is 5.08. The van der Waals surface area contributed by atoms with Gasteiger partial charge in [-0.3, -0.25) is 0 Å². The van der Waals surface area contributed by atoms with Crippen LogP contribution in [-0.4, -0.2) is 18.8 Å². The van der Waals surface area contributed by atoms with E-state index in [1.165, 1.54) is 0 Å². The normalized spacial score (nSPS) is 25.4. The van der Waals surface area contributed by atoms with Crippen molar-refractivity contribution in [1.29, 1.82) is 0 Å². The molecule has 0 bridgehead atoms. The van der Waals surface area contributed by atoms with E-state index in [0.29, 0.717) is 37.6 Å². The van der Waals surface area contributed by atoms with E-state index < -0.39 is 12.1 Å². The Morgan fingerprint density at radius 2 is 1.90 bits per heavy atom. The van der Waals surface area contributed by atoms with E-state index in [1.807, 2.05) is 6.08 Å². The van der Waals surface area contributed by atoms with Crippen molar-refractivity contribution in [2.45, 2.75) is 70.5 Å². The van der Waals surface area contributed by atoms with E-state index in [9.17, 15) is 13.2 Å². The smallest absolute Gasteiger partial charge is 0.314 e. The van der Waals surface area contributed by atoms with Gasteiger partial charge < -0.3 is 5.32 Å². The molecule has 1 saturated carbocycles. The lowest BCUT2D eigenvalue weighted by Crippen LogP contribution is -2.40. The number of hydrogen-bond acceptors (Lipinski definition) is 1. The molecule has 1 nitrogen and oxygen atoms in total. The van der Waals surface area contributed by atoms with Gasteiger partial charge in [-0.2, -0.15) is 13.2 Å². The average molecular weight is 291 g/mol. The summed E-state index contributed by atoms with van der Waals surface area (Å²) in [7, 11) is 0. The standard InChI is InChI=1S/C16H28F3N/c1-3-5-6-7-15(20-12-4-2)13-8-10-14(11-9-13)16(17,18)19/h3,13-15,20H,1,4-12H2,2H3. The van der Waals surface area contributed by atoms with Crippen molar-refractivity contribution in [2.24, 2.45) is 11.8 Å². The Bertz CT molecular complexity index is 267. The highest BCUT2D eigenvalue weighted by atomic mass is 19.4. The molecule has 0 amide bonds. The Balaban J connectivity index is 2.44. The summed E-state index contributed by atoms with van der Waals surface area (Å²) in [6, 6.07) is 0.379. The summed E-state index contributed by atoms with van der Waals surface area (Å²) in [4.78, 5) is 0. The maximum absolute atomic E-state index is 12.7. The monoisotopic (exact) mass is 291 g/mol. The first kappa shape index (κ1) is 17.5. The second-order valence-electron chi connectivity index (χ2n) is 5.93. The Hall–Kier alpha value is -0.510. The zero-order valence-electron chi connectivity index (χ0n) is 12.5. The molecule has 0 saturated heterocycles. The van der Waals surface area contributed by atoms with Crippen molar-refractivity contribution in [3.05, 3.63) is 12.7 Å². The molecule has 0 aromatic carbocycles. The Morgan fingerprint density at radius 3 is 2.40 bits per heavy atom. The van der Waals surface area contributed by atoms with Crippen LogP contribution in [-0.2, 0) is 0 Å². The Kier molecular flexibility index (Phi) is 7.63. The van der Waals surface area contributed by atoms with Crippen LogP contribution in [0.15, 0.2) is 12.7 Å². The van der Waals surface area contributed by atoms with Gasteiger partial charge >= 0.3 is 6.18 Å². The SMILES string of the molecule is C=CCCCC(NCCC)C1CCC(C(F)(F)F)CC1. The third-order valence-corrected chi connectivity index (χ3v) is 4.38. The fourth-order valence-electron chi connectivity index (χ4n) is 3.17. The van der Waals surface area contributed by atoms with Crippen LogP contribution in [0, 0.1) is 11.8 Å². The maximum atomic E-state index is 12.7. The summed E-state index contributed by atoms with van der Waals surface area (Å²) in [5.41, 5.74) is 0. The van der Waals surface area contributed by atoms with Gasteiger partial charge in [-0.1, -0.05) is 13.0 Å². The lowest BCUT2D eigenvalue weighted by molar-refractivity contribution is -0.184. The predicted molar refractivity (Wildman–Crippen MR) is 77.6 cm³/mol. The molecule has 1 rings (SSSR count). The molecular formula is C16H28F3N. The molecule has 4 heteroatoms. The fraction of sp³-hybridized carbons (Fsp3) is 0.875. The summed E-state index contributed by atoms with van der Waals surface area (Å²) >= 11 is 0. The third-order valence-electron chi connectivity index (χ3n) is 4.38. The Labute approximate surface area is 121 Å². The van der Waals surface area contributed by atoms with Crippen LogP contribution in [0.4, 0.5) is 13.2 Å². The molecule has 1 aliphatic carbocycles. The molecule has 0 aliphatic heterocycles. The second-order valence-corrected chi connectivity index (χ2v) is 5.93. The molecule has 1 atom stereocenters. The van der Waals surface area contributed by atoms with Crippen LogP contribution in [0.3, 0.4) is 0 Å². The maximum Gasteiger partial charge on any atom is 0.391 e. The largest absolute Gasteiger partial charge is 0.391 e. The van der Waals surface area contributed by atoms with Gasteiger partial charge in [0.05, 0.1) is 5.92 Å². The third kappa shape index (κ3) is 5.86. The van der Waals surface area contributed by atoms with E-state index in [0.717, 1.165) is 32.2 Å². The molecule has 0 radical (unpaired) electrons. The molecular weight excluding hydrogens is 263 g/mol. The number of nitrogens with one attached hydrogen (secondary N) is 1. The van der Waals surface area contributed by atoms with Crippen molar-refractivity contribution >= 4 is 0 Å². The molecule has 1 unspecified atom stereocenters. The number of alkyl halides is 3. The first-order chi connectivity index (χ1) is 9.49. The van der Waals surface area contributed by atoms with Crippen molar-refractivity contribution in [3.63, 3.8) is 0 Å². The molecule has 1 N–H and O–H groups in total. The van der Waals surface area contributed by atoms with Crippen LogP contribution in [0.25, 0.3) is 0 Å². The Morgan fingerprint density at radius 1 is 1.25 bits per heavy atom. The van der Waals surface area contributed by atoms with Gasteiger partial charge in [0.25, 0.3) is 0 Å². The summed E-state index contributed by atoms with van der Waals surface area (Å²) in [6.07, 6.45) is 4.12. The topological polar surface area (TPSA) is 12.0 Å². The van der Waals surface area contributed by atoms with Crippen molar-refractivity contribution in [2.75, 3.05) is 6.54 Å². The number of halogens is 3. The molecule has 0 aromatic heterocycles. The number of rotatable bonds is 8. The summed E-state index contributed by atoms with van der Waals surface area (Å²) in [6.45, 7) is 6.80. The zero-order valence-corrected chi connectivity index (χ0v) is 12.5. The first-order valence-electron chi connectivity index (χ1n) is 7.90. The lowest BCUT2D eigenvalue weighted by Gasteiger charge is -2.35. The van der Waals surface area contributed by atoms with Crippen molar-refractivity contribution in [1.82, 2.24) is 5.32 Å². The van der Waals surface area contributed by atoms with Gasteiger partial charge in [0.15, 0.2) is 0 Å². The van der Waals surface area contributed by atoms with Gasteiger partial charge in [-0.15, -0.1) is 6.58 Å². The van der Waals surface area contributed by atoms with Crippen LogP contribution in [0.2, 0.25) is 0 Å². The van der Waals surface area contributed by atoms with E-state index in [1.54, 1.807) is 0 Å². The molecule has 0 aromatic rings. The van der Waals surface area contributed by atoms with Crippen molar-refractivity contribution < 1.29 is 13.2 Å². The quantitative estimate of drug-likeness (QED) is 0.486. The summed E-state index contributed by atoms with van der Waals surface area (Å²) in [5, 5.41) is 3.54. The van der Waals surface area contributed by atoms with E-state index in [4.69, 9.17) is 0 Å². The van der Waals surface area contributed by atoms with Gasteiger partial charge in [0.1, 0.15) is 0 Å². The summed E-state index contributed by atoms with van der Waals surface area (Å²) < 4.78 is 38.1. The molecule has 118 valence electrons. The van der Waals surface area contributed by atoms with E-state index in [-0.39, 0.29) is 0 Å². The average Bonchev–Trinajstić information content (AvgIpc) is 2.42. The number of allylic oxidation sites excluding steroid dienone is 1. The minimum Gasteiger partial charge on any atom is -0.314 e. The van der Waals surface area contributed by atoms with Crippen LogP contribution >= 0.6 is 0 Å². The highest BCUT2D eigenvalue weighted by molar-refractivity contribution is 4.84. The zero-order chi connectivity index (χ0) is 15.0. The highest BCUT2D eigenvalue weighted by Gasteiger charge is 2.42. The molecule has 0 heterocycles. The van der Waals surface area contributed by atoms with Crippen LogP contribution in [0.5, 0.6) is 0 Å². The van der Waals surface area contributed by atoms with E-state index in [2.05, 4.69) is 18.8 Å². The lowest BCUT2D eigenvalue weighted by atomic mass is 9.77. The molecule has 20 heavy (non-hydrogen) atoms. The van der Waals surface area contributed by atoms with Gasteiger partial charge in [0.2, 0.25) is 0 Å². The van der Waals surface area contributed by atoms with Crippen LogP contribution < -0.4 is 5.32 Å². The molecule has 1 fully saturated rings. The fourth-order valence-corrected chi connectivity index (χ4v) is 3.17. The van der Waals surface area contributed by atoms with Crippen LogP contribution in [0.1, 0.15) is 58.3 Å². The number of hydrogen-bond donors (Lipinski definition) is 1. The summed E-state index contributed by atoms with van der Waals surface area (Å²) in [5.74, 6) is -0.663. The van der Waals surface area contributed by atoms with Gasteiger partial charge in [-0.25, -0.2) is 0 Å². The number of unbranched alkanes of at least 4 members (excludes halogenated alkanes) is 1. The van der Waals surface area contributed by atoms with Gasteiger partial charge in [-0.05, 0) is 63.8 Å². The second kappa shape index (κ2) is 8.71. The first-order valence-corrected chi connectivity index (χ1v) is 7.90.